The number of carbonyl (C=O) groups is 1. The molecule has 1 fully saturated rings. The van der Waals surface area contributed by atoms with E-state index in [1.54, 1.807) is 25.1 Å². The maximum Gasteiger partial charge on any atom is 0.243 e. The maximum absolute atomic E-state index is 13.6. The highest BCUT2D eigenvalue weighted by molar-refractivity contribution is 7.89. The Bertz CT molecular complexity index is 1060. The number of hydrogen-bond acceptors (Lipinski definition) is 4. The van der Waals surface area contributed by atoms with Crippen molar-refractivity contribution in [2.24, 2.45) is 0 Å². The van der Waals surface area contributed by atoms with E-state index in [0.29, 0.717) is 42.3 Å². The summed E-state index contributed by atoms with van der Waals surface area (Å²) in [5.41, 5.74) is 3.33. The zero-order valence-corrected chi connectivity index (χ0v) is 17.8. The summed E-state index contributed by atoms with van der Waals surface area (Å²) in [5.74, 6) is -0.605. The molecule has 0 saturated carbocycles. The normalized spacial score (nSPS) is 17.7. The predicted octanol–water partition coefficient (Wildman–Crippen LogP) is 2.57. The van der Waals surface area contributed by atoms with Crippen molar-refractivity contribution in [3.63, 3.8) is 0 Å². The number of anilines is 1. The molecule has 6 nitrogen and oxygen atoms in total. The van der Waals surface area contributed by atoms with Gasteiger partial charge < -0.3 is 5.32 Å². The van der Waals surface area contributed by atoms with Crippen LogP contribution in [-0.2, 0) is 27.7 Å². The van der Waals surface area contributed by atoms with Gasteiger partial charge in [0.25, 0.3) is 0 Å². The molecule has 1 saturated heterocycles. The number of sulfonamides is 1. The van der Waals surface area contributed by atoms with Crippen LogP contribution in [0, 0.1) is 12.7 Å². The lowest BCUT2D eigenvalue weighted by Gasteiger charge is -2.33. The van der Waals surface area contributed by atoms with Crippen LogP contribution in [0.4, 0.5) is 10.1 Å². The van der Waals surface area contributed by atoms with Crippen molar-refractivity contribution in [2.45, 2.75) is 31.1 Å². The number of carbonyl (C=O) groups excluding carboxylic acids is 1. The highest BCUT2D eigenvalue weighted by Gasteiger charge is 2.30. The molecule has 0 spiro atoms. The van der Waals surface area contributed by atoms with Crippen LogP contribution in [-0.4, -0.2) is 56.3 Å². The van der Waals surface area contributed by atoms with E-state index in [0.717, 1.165) is 24.8 Å². The van der Waals surface area contributed by atoms with Crippen molar-refractivity contribution in [1.29, 1.82) is 0 Å². The minimum absolute atomic E-state index is 0.141. The van der Waals surface area contributed by atoms with E-state index >= 15 is 0 Å². The quantitative estimate of drug-likeness (QED) is 0.790. The molecule has 30 heavy (non-hydrogen) atoms. The number of piperazine rings is 1. The lowest BCUT2D eigenvalue weighted by Crippen LogP contribution is -2.50. The predicted molar refractivity (Wildman–Crippen MR) is 113 cm³/mol. The second-order valence-electron chi connectivity index (χ2n) is 7.98. The second-order valence-corrected chi connectivity index (χ2v) is 9.91. The number of aryl methyl sites for hydroxylation is 3. The van der Waals surface area contributed by atoms with Gasteiger partial charge >= 0.3 is 0 Å². The van der Waals surface area contributed by atoms with Crippen molar-refractivity contribution in [1.82, 2.24) is 9.21 Å². The minimum Gasteiger partial charge on any atom is -0.325 e. The van der Waals surface area contributed by atoms with Gasteiger partial charge in [0.05, 0.1) is 11.4 Å². The first-order valence-electron chi connectivity index (χ1n) is 10.2. The third kappa shape index (κ3) is 4.40. The number of halogens is 1. The van der Waals surface area contributed by atoms with Gasteiger partial charge in [-0.1, -0.05) is 12.1 Å². The first kappa shape index (κ1) is 21.0. The molecule has 2 aliphatic rings. The molecular formula is C22H26FN3O3S. The number of nitrogens with one attached hydrogen (secondary N) is 1. The SMILES string of the molecule is Cc1ccc(NC(=O)CN2CCN(S(=O)(=O)c3ccc4c(c3)CCC4)CC2)cc1F. The van der Waals surface area contributed by atoms with Crippen LogP contribution in [0.3, 0.4) is 0 Å². The molecule has 1 heterocycles. The molecule has 4 rings (SSSR count). The van der Waals surface area contributed by atoms with Gasteiger partial charge in [-0.05, 0) is 67.1 Å². The second kappa shape index (κ2) is 8.45. The first-order chi connectivity index (χ1) is 14.3. The van der Waals surface area contributed by atoms with E-state index in [2.05, 4.69) is 5.32 Å². The van der Waals surface area contributed by atoms with Gasteiger partial charge in [0.1, 0.15) is 5.82 Å². The van der Waals surface area contributed by atoms with E-state index < -0.39 is 10.0 Å². The fraction of sp³-hybridized carbons (Fsp3) is 0.409. The van der Waals surface area contributed by atoms with Crippen LogP contribution in [0.25, 0.3) is 0 Å². The zero-order valence-electron chi connectivity index (χ0n) is 17.0. The Morgan fingerprint density at radius 1 is 1.03 bits per heavy atom. The Balaban J connectivity index is 1.33. The summed E-state index contributed by atoms with van der Waals surface area (Å²) in [5, 5.41) is 2.70. The molecule has 0 unspecified atom stereocenters. The number of nitrogens with zero attached hydrogens (tertiary/aromatic N) is 2. The highest BCUT2D eigenvalue weighted by atomic mass is 32.2. The molecule has 0 aromatic heterocycles. The number of benzene rings is 2. The molecule has 160 valence electrons. The molecule has 1 amide bonds. The van der Waals surface area contributed by atoms with Gasteiger partial charge in [0.2, 0.25) is 15.9 Å². The summed E-state index contributed by atoms with van der Waals surface area (Å²) in [7, 11) is -3.53. The van der Waals surface area contributed by atoms with Crippen molar-refractivity contribution in [2.75, 3.05) is 38.0 Å². The van der Waals surface area contributed by atoms with Crippen molar-refractivity contribution in [3.05, 3.63) is 58.9 Å². The van der Waals surface area contributed by atoms with Gasteiger partial charge in [0.15, 0.2) is 0 Å². The van der Waals surface area contributed by atoms with Crippen LogP contribution >= 0.6 is 0 Å². The van der Waals surface area contributed by atoms with E-state index in [1.807, 2.05) is 17.0 Å². The number of fused-ring (bicyclic) bond motifs is 1. The topological polar surface area (TPSA) is 69.7 Å². The average molecular weight is 432 g/mol. The monoisotopic (exact) mass is 431 g/mol. The van der Waals surface area contributed by atoms with E-state index in [4.69, 9.17) is 0 Å². The lowest BCUT2D eigenvalue weighted by atomic mass is 10.1. The van der Waals surface area contributed by atoms with Gasteiger partial charge in [-0.15, -0.1) is 0 Å². The van der Waals surface area contributed by atoms with E-state index in [1.165, 1.54) is 15.9 Å². The van der Waals surface area contributed by atoms with Crippen molar-refractivity contribution >= 4 is 21.6 Å². The Morgan fingerprint density at radius 2 is 1.77 bits per heavy atom. The maximum atomic E-state index is 13.6. The third-order valence-corrected chi connectivity index (χ3v) is 7.76. The summed E-state index contributed by atoms with van der Waals surface area (Å²) in [6.45, 7) is 3.43. The average Bonchev–Trinajstić information content (AvgIpc) is 3.19. The number of hydrogen-bond donors (Lipinski definition) is 1. The van der Waals surface area contributed by atoms with Gasteiger partial charge in [-0.2, -0.15) is 4.31 Å². The van der Waals surface area contributed by atoms with Gasteiger partial charge in [-0.3, -0.25) is 9.69 Å². The zero-order chi connectivity index (χ0) is 21.3. The van der Waals surface area contributed by atoms with Crippen LogP contribution in [0.15, 0.2) is 41.3 Å². The fourth-order valence-electron chi connectivity index (χ4n) is 4.06. The molecule has 2 aromatic rings. The molecule has 2 aromatic carbocycles. The van der Waals surface area contributed by atoms with Crippen LogP contribution in [0.1, 0.15) is 23.1 Å². The lowest BCUT2D eigenvalue weighted by molar-refractivity contribution is -0.117. The van der Waals surface area contributed by atoms with Crippen LogP contribution < -0.4 is 5.32 Å². The summed E-state index contributed by atoms with van der Waals surface area (Å²) in [4.78, 5) is 14.5. The Labute approximate surface area is 176 Å². The van der Waals surface area contributed by atoms with Crippen molar-refractivity contribution in [3.8, 4) is 0 Å². The Morgan fingerprint density at radius 3 is 2.50 bits per heavy atom. The number of rotatable bonds is 5. The minimum atomic E-state index is -3.53. The van der Waals surface area contributed by atoms with Gasteiger partial charge in [-0.25, -0.2) is 12.8 Å². The summed E-state index contributed by atoms with van der Waals surface area (Å²) >= 11 is 0. The highest BCUT2D eigenvalue weighted by Crippen LogP contribution is 2.26. The summed E-state index contributed by atoms with van der Waals surface area (Å²) in [6.07, 6.45) is 3.03. The largest absolute Gasteiger partial charge is 0.325 e. The first-order valence-corrected chi connectivity index (χ1v) is 11.7. The third-order valence-electron chi connectivity index (χ3n) is 5.86. The molecular weight excluding hydrogens is 405 g/mol. The molecule has 0 radical (unpaired) electrons. The molecule has 0 bridgehead atoms. The number of amides is 1. The van der Waals surface area contributed by atoms with Crippen molar-refractivity contribution < 1.29 is 17.6 Å². The standard InChI is InChI=1S/C22H26FN3O3S/c1-16-5-7-19(14-21(16)23)24-22(27)15-25-9-11-26(12-10-25)30(28,29)20-8-6-17-3-2-4-18(17)13-20/h5-8,13-14H,2-4,9-12,15H2,1H3,(H,24,27). The van der Waals surface area contributed by atoms with Crippen LogP contribution in [0.2, 0.25) is 0 Å². The van der Waals surface area contributed by atoms with Gasteiger partial charge in [0, 0.05) is 31.9 Å². The van der Waals surface area contributed by atoms with E-state index in [-0.39, 0.29) is 18.3 Å². The summed E-state index contributed by atoms with van der Waals surface area (Å²) < 4.78 is 41.1. The molecule has 1 aliphatic carbocycles. The smallest absolute Gasteiger partial charge is 0.243 e. The molecule has 8 heteroatoms. The molecule has 1 aliphatic heterocycles. The Hall–Kier alpha value is -2.29. The summed E-state index contributed by atoms with van der Waals surface area (Å²) in [6, 6.07) is 10.0. The van der Waals surface area contributed by atoms with E-state index in [9.17, 15) is 17.6 Å². The molecule has 1 N–H and O–H groups in total. The Kier molecular flexibility index (Phi) is 5.90. The molecule has 0 atom stereocenters. The fourth-order valence-corrected chi connectivity index (χ4v) is 5.53. The van der Waals surface area contributed by atoms with Crippen LogP contribution in [0.5, 0.6) is 0 Å².